The highest BCUT2D eigenvalue weighted by atomic mass is 32.1. The molecule has 5 nitrogen and oxygen atoms in total. The van der Waals surface area contributed by atoms with E-state index in [0.717, 1.165) is 6.42 Å². The summed E-state index contributed by atoms with van der Waals surface area (Å²) < 4.78 is 0. The number of likely N-dealkylation sites (tertiary alicyclic amines) is 2. The maximum atomic E-state index is 12.4. The molecule has 0 saturated carbocycles. The summed E-state index contributed by atoms with van der Waals surface area (Å²) in [6.07, 6.45) is 1.20. The Balaban J connectivity index is 1.77. The summed E-state index contributed by atoms with van der Waals surface area (Å²) >= 11 is 1.50. The van der Waals surface area contributed by atoms with Crippen LogP contribution in [-0.2, 0) is 4.79 Å². The van der Waals surface area contributed by atoms with E-state index in [2.05, 4.69) is 0 Å². The van der Waals surface area contributed by atoms with Crippen LogP contribution in [0.3, 0.4) is 0 Å². The van der Waals surface area contributed by atoms with Crippen LogP contribution >= 0.6 is 11.3 Å². The van der Waals surface area contributed by atoms with Crippen LogP contribution in [0.5, 0.6) is 0 Å². The first-order valence-electron chi connectivity index (χ1n) is 6.46. The van der Waals surface area contributed by atoms with Gasteiger partial charge in [-0.2, -0.15) is 11.3 Å². The third kappa shape index (κ3) is 2.04. The predicted molar refractivity (Wildman–Crippen MR) is 71.0 cm³/mol. The molecule has 2 atom stereocenters. The second-order valence-corrected chi connectivity index (χ2v) is 5.73. The lowest BCUT2D eigenvalue weighted by Gasteiger charge is -2.24. The van der Waals surface area contributed by atoms with E-state index in [1.165, 1.54) is 11.3 Å². The first kappa shape index (κ1) is 12.6. The standard InChI is InChI=1S/C13H16N2O3S/c16-5-4-14-10-1-3-15(11(10)7-12(14)17)13(18)9-2-6-19-8-9/h2,6,8,10-11,16H,1,3-5,7H2. The molecule has 102 valence electrons. The minimum absolute atomic E-state index is 0.0204. The van der Waals surface area contributed by atoms with E-state index < -0.39 is 0 Å². The molecular formula is C13H16N2O3S. The van der Waals surface area contributed by atoms with Gasteiger partial charge in [-0.3, -0.25) is 9.59 Å². The molecule has 3 heterocycles. The summed E-state index contributed by atoms with van der Waals surface area (Å²) in [4.78, 5) is 27.8. The minimum atomic E-state index is -0.0218. The van der Waals surface area contributed by atoms with Crippen molar-refractivity contribution in [2.45, 2.75) is 24.9 Å². The topological polar surface area (TPSA) is 60.9 Å². The van der Waals surface area contributed by atoms with Crippen molar-refractivity contribution in [1.29, 1.82) is 0 Å². The summed E-state index contributed by atoms with van der Waals surface area (Å²) in [5.74, 6) is 0.0688. The van der Waals surface area contributed by atoms with Crippen molar-refractivity contribution in [2.24, 2.45) is 0 Å². The van der Waals surface area contributed by atoms with Gasteiger partial charge in [-0.15, -0.1) is 0 Å². The molecule has 1 N–H and O–H groups in total. The zero-order valence-corrected chi connectivity index (χ0v) is 11.3. The number of carbonyl (C=O) groups excluding carboxylic acids is 2. The third-order valence-electron chi connectivity index (χ3n) is 3.98. The zero-order valence-electron chi connectivity index (χ0n) is 10.5. The van der Waals surface area contributed by atoms with Crippen molar-refractivity contribution in [3.63, 3.8) is 0 Å². The summed E-state index contributed by atoms with van der Waals surface area (Å²) in [6.45, 7) is 1.05. The van der Waals surface area contributed by atoms with Crippen LogP contribution in [0.15, 0.2) is 16.8 Å². The molecule has 3 rings (SSSR count). The van der Waals surface area contributed by atoms with Crippen molar-refractivity contribution in [1.82, 2.24) is 9.80 Å². The molecule has 2 fully saturated rings. The molecule has 1 aromatic rings. The van der Waals surface area contributed by atoms with E-state index in [9.17, 15) is 9.59 Å². The molecule has 2 saturated heterocycles. The Hall–Kier alpha value is -1.40. The number of thiophene rings is 1. The molecule has 1 aromatic heterocycles. The van der Waals surface area contributed by atoms with Crippen LogP contribution < -0.4 is 0 Å². The third-order valence-corrected chi connectivity index (χ3v) is 4.67. The number of hydrogen-bond donors (Lipinski definition) is 1. The number of fused-ring (bicyclic) bond motifs is 1. The Morgan fingerprint density at radius 2 is 2.32 bits per heavy atom. The molecule has 0 bridgehead atoms. The Bertz CT molecular complexity index is 488. The molecule has 6 heteroatoms. The van der Waals surface area contributed by atoms with Gasteiger partial charge in [0.2, 0.25) is 5.91 Å². The van der Waals surface area contributed by atoms with E-state index in [-0.39, 0.29) is 30.5 Å². The molecule has 0 spiro atoms. The maximum absolute atomic E-state index is 12.4. The number of carbonyl (C=O) groups is 2. The van der Waals surface area contributed by atoms with Gasteiger partial charge < -0.3 is 14.9 Å². The van der Waals surface area contributed by atoms with Crippen LogP contribution in [0.2, 0.25) is 0 Å². The van der Waals surface area contributed by atoms with E-state index >= 15 is 0 Å². The van der Waals surface area contributed by atoms with Crippen LogP contribution in [0.1, 0.15) is 23.2 Å². The van der Waals surface area contributed by atoms with Crippen molar-refractivity contribution in [3.05, 3.63) is 22.4 Å². The average Bonchev–Trinajstić information content (AvgIpc) is 3.08. The number of hydrogen-bond acceptors (Lipinski definition) is 4. The summed E-state index contributed by atoms with van der Waals surface area (Å²) in [7, 11) is 0. The smallest absolute Gasteiger partial charge is 0.255 e. The minimum Gasteiger partial charge on any atom is -0.395 e. The first-order valence-corrected chi connectivity index (χ1v) is 7.40. The molecule has 2 unspecified atom stereocenters. The molecule has 2 aliphatic heterocycles. The SMILES string of the molecule is O=C1CC2C(CCN2C(=O)c2ccsc2)N1CCO. The largest absolute Gasteiger partial charge is 0.395 e. The number of aliphatic hydroxyl groups is 1. The van der Waals surface area contributed by atoms with Gasteiger partial charge >= 0.3 is 0 Å². The number of rotatable bonds is 3. The van der Waals surface area contributed by atoms with Crippen LogP contribution in [-0.4, -0.2) is 58.5 Å². The van der Waals surface area contributed by atoms with Gasteiger partial charge in [-0.25, -0.2) is 0 Å². The predicted octanol–water partition coefficient (Wildman–Crippen LogP) is 0.556. The summed E-state index contributed by atoms with van der Waals surface area (Å²) in [5, 5.41) is 12.7. The van der Waals surface area contributed by atoms with E-state index in [0.29, 0.717) is 25.1 Å². The molecule has 0 radical (unpaired) electrons. The lowest BCUT2D eigenvalue weighted by Crippen LogP contribution is -2.40. The molecule has 19 heavy (non-hydrogen) atoms. The highest BCUT2D eigenvalue weighted by molar-refractivity contribution is 7.08. The van der Waals surface area contributed by atoms with E-state index in [1.807, 2.05) is 21.7 Å². The zero-order chi connectivity index (χ0) is 13.4. The van der Waals surface area contributed by atoms with Crippen molar-refractivity contribution in [3.8, 4) is 0 Å². The number of amides is 2. The fraction of sp³-hybridized carbons (Fsp3) is 0.538. The van der Waals surface area contributed by atoms with Crippen molar-refractivity contribution in [2.75, 3.05) is 19.7 Å². The van der Waals surface area contributed by atoms with Gasteiger partial charge in [0.1, 0.15) is 0 Å². The van der Waals surface area contributed by atoms with Gasteiger partial charge in [0.15, 0.2) is 0 Å². The Kier molecular flexibility index (Phi) is 3.28. The highest BCUT2D eigenvalue weighted by Crippen LogP contribution is 2.33. The maximum Gasteiger partial charge on any atom is 0.255 e. The normalized spacial score (nSPS) is 26.1. The van der Waals surface area contributed by atoms with Crippen LogP contribution in [0, 0.1) is 0 Å². The fourth-order valence-electron chi connectivity index (χ4n) is 3.13. The van der Waals surface area contributed by atoms with Gasteiger partial charge in [0.25, 0.3) is 5.91 Å². The molecule has 0 aromatic carbocycles. The Labute approximate surface area is 115 Å². The van der Waals surface area contributed by atoms with Gasteiger partial charge in [0.05, 0.1) is 24.3 Å². The molecular weight excluding hydrogens is 264 g/mol. The second kappa shape index (κ2) is 4.94. The van der Waals surface area contributed by atoms with Gasteiger partial charge in [-0.1, -0.05) is 0 Å². The molecule has 2 amide bonds. The summed E-state index contributed by atoms with van der Waals surface area (Å²) in [5.41, 5.74) is 0.707. The molecule has 0 aliphatic carbocycles. The summed E-state index contributed by atoms with van der Waals surface area (Å²) in [6, 6.07) is 1.89. The lowest BCUT2D eigenvalue weighted by atomic mass is 10.1. The average molecular weight is 280 g/mol. The van der Waals surface area contributed by atoms with Gasteiger partial charge in [-0.05, 0) is 17.9 Å². The van der Waals surface area contributed by atoms with Crippen molar-refractivity contribution >= 4 is 23.2 Å². The van der Waals surface area contributed by atoms with Gasteiger partial charge in [0, 0.05) is 24.9 Å². The fourth-order valence-corrected chi connectivity index (χ4v) is 3.76. The number of β-amino-alcohol motifs (C(OH)–C–C–N with tert-alkyl or cyclic N) is 1. The quantitative estimate of drug-likeness (QED) is 0.880. The lowest BCUT2D eigenvalue weighted by molar-refractivity contribution is -0.129. The Morgan fingerprint density at radius 3 is 3.00 bits per heavy atom. The van der Waals surface area contributed by atoms with E-state index in [1.54, 1.807) is 4.90 Å². The number of nitrogens with zero attached hydrogens (tertiary/aromatic N) is 2. The highest BCUT2D eigenvalue weighted by Gasteiger charge is 2.48. The van der Waals surface area contributed by atoms with Crippen LogP contribution in [0.25, 0.3) is 0 Å². The monoisotopic (exact) mass is 280 g/mol. The second-order valence-electron chi connectivity index (χ2n) is 4.95. The van der Waals surface area contributed by atoms with Crippen molar-refractivity contribution < 1.29 is 14.7 Å². The number of aliphatic hydroxyl groups excluding tert-OH is 1. The molecule has 2 aliphatic rings. The van der Waals surface area contributed by atoms with Crippen LogP contribution in [0.4, 0.5) is 0 Å². The first-order chi connectivity index (χ1) is 9.22. The Morgan fingerprint density at radius 1 is 1.47 bits per heavy atom. The van der Waals surface area contributed by atoms with E-state index in [4.69, 9.17) is 5.11 Å².